The molecule has 0 spiro atoms. The molecule has 29 heavy (non-hydrogen) atoms. The first-order chi connectivity index (χ1) is 14.1. The fourth-order valence-corrected chi connectivity index (χ4v) is 3.48. The van der Waals surface area contributed by atoms with Crippen LogP contribution in [-0.2, 0) is 12.1 Å². The Bertz CT molecular complexity index is 1030. The summed E-state index contributed by atoms with van der Waals surface area (Å²) >= 11 is 0. The first-order valence-electron chi connectivity index (χ1n) is 9.34. The van der Waals surface area contributed by atoms with Crippen LogP contribution in [0, 0.1) is 11.6 Å². The van der Waals surface area contributed by atoms with E-state index >= 15 is 0 Å². The molecule has 0 bridgehead atoms. The van der Waals surface area contributed by atoms with Gasteiger partial charge in [-0.3, -0.25) is 0 Å². The lowest BCUT2D eigenvalue weighted by molar-refractivity contribution is -0.688. The third-order valence-corrected chi connectivity index (χ3v) is 5.04. The SMILES string of the molecule is OC(c1ccc(F)cc1)(c1ccc(F)cc1)c1cc[n+](Cc2ccccc2)cc1. The Kier molecular flexibility index (Phi) is 5.19. The Hall–Kier alpha value is -3.37. The minimum atomic E-state index is -1.53. The van der Waals surface area contributed by atoms with E-state index in [2.05, 4.69) is 0 Å². The van der Waals surface area contributed by atoms with Gasteiger partial charge in [-0.2, -0.15) is 0 Å². The normalized spacial score (nSPS) is 11.4. The summed E-state index contributed by atoms with van der Waals surface area (Å²) < 4.78 is 28.9. The first kappa shape index (κ1) is 19.0. The van der Waals surface area contributed by atoms with Crippen molar-refractivity contribution in [2.45, 2.75) is 12.1 Å². The summed E-state index contributed by atoms with van der Waals surface area (Å²) in [6.45, 7) is 0.701. The summed E-state index contributed by atoms with van der Waals surface area (Å²) in [5.41, 5.74) is 1.25. The molecule has 0 aliphatic heterocycles. The highest BCUT2D eigenvalue weighted by Crippen LogP contribution is 2.36. The molecule has 1 heterocycles. The van der Waals surface area contributed by atoms with Gasteiger partial charge in [0.25, 0.3) is 0 Å². The Morgan fingerprint density at radius 3 is 1.55 bits per heavy atom. The van der Waals surface area contributed by atoms with Gasteiger partial charge in [-0.25, -0.2) is 13.3 Å². The highest BCUT2D eigenvalue weighted by molar-refractivity contribution is 5.46. The fourth-order valence-electron chi connectivity index (χ4n) is 3.48. The second-order valence-electron chi connectivity index (χ2n) is 6.97. The molecule has 144 valence electrons. The average Bonchev–Trinajstić information content (AvgIpc) is 2.75. The predicted molar refractivity (Wildman–Crippen MR) is 107 cm³/mol. The molecule has 4 rings (SSSR count). The molecular formula is C25H20F2NO+. The smallest absolute Gasteiger partial charge is 0.173 e. The molecule has 0 atom stereocenters. The summed E-state index contributed by atoms with van der Waals surface area (Å²) in [4.78, 5) is 0. The largest absolute Gasteiger partial charge is 0.376 e. The van der Waals surface area contributed by atoms with E-state index in [0.717, 1.165) is 5.56 Å². The van der Waals surface area contributed by atoms with Crippen LogP contribution in [0.1, 0.15) is 22.3 Å². The lowest BCUT2D eigenvalue weighted by atomic mass is 9.81. The van der Waals surface area contributed by atoms with Crippen molar-refractivity contribution in [3.05, 3.63) is 137 Å². The Morgan fingerprint density at radius 2 is 1.07 bits per heavy atom. The second kappa shape index (κ2) is 7.94. The molecular weight excluding hydrogens is 368 g/mol. The average molecular weight is 388 g/mol. The Balaban J connectivity index is 1.75. The molecule has 2 nitrogen and oxygen atoms in total. The quantitative estimate of drug-likeness (QED) is 0.497. The highest BCUT2D eigenvalue weighted by Gasteiger charge is 2.34. The zero-order valence-corrected chi connectivity index (χ0v) is 15.7. The van der Waals surface area contributed by atoms with Crippen molar-refractivity contribution in [2.75, 3.05) is 0 Å². The molecule has 0 fully saturated rings. The van der Waals surface area contributed by atoms with Crippen LogP contribution in [0.2, 0.25) is 0 Å². The van der Waals surface area contributed by atoms with Gasteiger partial charge >= 0.3 is 0 Å². The Morgan fingerprint density at radius 1 is 0.621 bits per heavy atom. The van der Waals surface area contributed by atoms with Crippen LogP contribution in [0.4, 0.5) is 8.78 Å². The molecule has 4 aromatic rings. The van der Waals surface area contributed by atoms with E-state index in [4.69, 9.17) is 0 Å². The van der Waals surface area contributed by atoms with Crippen molar-refractivity contribution in [3.63, 3.8) is 0 Å². The van der Waals surface area contributed by atoms with Gasteiger partial charge in [-0.15, -0.1) is 0 Å². The highest BCUT2D eigenvalue weighted by atomic mass is 19.1. The van der Waals surface area contributed by atoms with Crippen LogP contribution in [0.5, 0.6) is 0 Å². The molecule has 0 amide bonds. The van der Waals surface area contributed by atoms with Gasteiger partial charge in [-0.05, 0) is 35.4 Å². The number of nitrogens with zero attached hydrogens (tertiary/aromatic N) is 1. The van der Waals surface area contributed by atoms with Gasteiger partial charge in [0.15, 0.2) is 18.9 Å². The third kappa shape index (κ3) is 3.93. The van der Waals surface area contributed by atoms with Crippen LogP contribution in [-0.4, -0.2) is 5.11 Å². The Labute approximate surface area is 168 Å². The summed E-state index contributed by atoms with van der Waals surface area (Å²) in [5.74, 6) is -0.770. The van der Waals surface area contributed by atoms with E-state index in [0.29, 0.717) is 23.2 Å². The van der Waals surface area contributed by atoms with Crippen LogP contribution >= 0.6 is 0 Å². The topological polar surface area (TPSA) is 24.1 Å². The van der Waals surface area contributed by atoms with Gasteiger partial charge in [0.2, 0.25) is 0 Å². The van der Waals surface area contributed by atoms with Crippen molar-refractivity contribution in [1.29, 1.82) is 0 Å². The van der Waals surface area contributed by atoms with Gasteiger partial charge in [-0.1, -0.05) is 54.6 Å². The van der Waals surface area contributed by atoms with Crippen LogP contribution in [0.15, 0.2) is 103 Å². The predicted octanol–water partition coefficient (Wildman–Crippen LogP) is 4.58. The van der Waals surface area contributed by atoms with Crippen molar-refractivity contribution in [2.24, 2.45) is 0 Å². The van der Waals surface area contributed by atoms with Gasteiger partial charge < -0.3 is 5.11 Å². The van der Waals surface area contributed by atoms with Crippen molar-refractivity contribution >= 4 is 0 Å². The van der Waals surface area contributed by atoms with E-state index < -0.39 is 5.60 Å². The minimum Gasteiger partial charge on any atom is -0.376 e. The molecule has 0 aliphatic carbocycles. The molecule has 4 heteroatoms. The summed E-state index contributed by atoms with van der Waals surface area (Å²) in [7, 11) is 0. The van der Waals surface area contributed by atoms with Crippen molar-refractivity contribution in [3.8, 4) is 0 Å². The molecule has 0 saturated heterocycles. The summed E-state index contributed by atoms with van der Waals surface area (Å²) in [6, 6.07) is 25.1. The van der Waals surface area contributed by atoms with Gasteiger partial charge in [0, 0.05) is 23.3 Å². The van der Waals surface area contributed by atoms with E-state index in [1.807, 2.05) is 59.4 Å². The number of aromatic nitrogens is 1. The zero-order chi connectivity index (χ0) is 20.3. The zero-order valence-electron chi connectivity index (χ0n) is 15.7. The lowest BCUT2D eigenvalue weighted by Crippen LogP contribution is -2.35. The third-order valence-electron chi connectivity index (χ3n) is 5.04. The van der Waals surface area contributed by atoms with Gasteiger partial charge in [0.05, 0.1) is 0 Å². The number of hydrogen-bond donors (Lipinski definition) is 1. The molecule has 1 aromatic heterocycles. The molecule has 0 saturated carbocycles. The number of halogens is 2. The van der Waals surface area contributed by atoms with Crippen LogP contribution in [0.3, 0.4) is 0 Å². The maximum absolute atomic E-state index is 13.5. The maximum Gasteiger partial charge on any atom is 0.173 e. The monoisotopic (exact) mass is 388 g/mol. The number of benzene rings is 3. The lowest BCUT2D eigenvalue weighted by Gasteiger charge is -2.29. The van der Waals surface area contributed by atoms with E-state index in [1.54, 1.807) is 24.3 Å². The van der Waals surface area contributed by atoms with Crippen molar-refractivity contribution in [1.82, 2.24) is 0 Å². The standard InChI is InChI=1S/C25H20F2NO/c26-23-10-6-20(7-11-23)25(29,21-8-12-24(27)13-9-21)22-14-16-28(17-15-22)18-19-4-2-1-3-5-19/h1-17,29H,18H2/q+1. The second-order valence-corrected chi connectivity index (χ2v) is 6.97. The fraction of sp³-hybridized carbons (Fsp3) is 0.0800. The number of rotatable bonds is 5. The minimum absolute atomic E-state index is 0.385. The van der Waals surface area contributed by atoms with E-state index in [-0.39, 0.29) is 11.6 Å². The number of aliphatic hydroxyl groups is 1. The molecule has 0 radical (unpaired) electrons. The van der Waals surface area contributed by atoms with Gasteiger partial charge in [0.1, 0.15) is 17.2 Å². The summed E-state index contributed by atoms with van der Waals surface area (Å²) in [5, 5.41) is 11.7. The maximum atomic E-state index is 13.5. The van der Waals surface area contributed by atoms with Crippen LogP contribution in [0.25, 0.3) is 0 Å². The summed E-state index contributed by atoms with van der Waals surface area (Å²) in [6.07, 6.45) is 3.78. The number of hydrogen-bond acceptors (Lipinski definition) is 1. The van der Waals surface area contributed by atoms with Crippen LogP contribution < -0.4 is 4.57 Å². The molecule has 3 aromatic carbocycles. The first-order valence-corrected chi connectivity index (χ1v) is 9.34. The molecule has 0 unspecified atom stereocenters. The van der Waals surface area contributed by atoms with Crippen molar-refractivity contribution < 1.29 is 18.5 Å². The van der Waals surface area contributed by atoms with E-state index in [9.17, 15) is 13.9 Å². The molecule has 0 aliphatic rings. The molecule has 1 N–H and O–H groups in total. The number of pyridine rings is 1. The van der Waals surface area contributed by atoms with E-state index in [1.165, 1.54) is 24.3 Å².